The Labute approximate surface area is 97.9 Å². The first-order chi connectivity index (χ1) is 7.43. The van der Waals surface area contributed by atoms with Crippen LogP contribution in [0.25, 0.3) is 0 Å². The van der Waals surface area contributed by atoms with E-state index in [4.69, 9.17) is 4.84 Å². The predicted molar refractivity (Wildman–Crippen MR) is 63.8 cm³/mol. The monoisotopic (exact) mass is 232 g/mol. The minimum Gasteiger partial charge on any atom is -0.307 e. The van der Waals surface area contributed by atoms with Gasteiger partial charge in [0.1, 0.15) is 5.60 Å². The van der Waals surface area contributed by atoms with Gasteiger partial charge in [0, 0.05) is 19.1 Å². The van der Waals surface area contributed by atoms with Gasteiger partial charge in [-0.1, -0.05) is 13.8 Å². The van der Waals surface area contributed by atoms with Crippen molar-refractivity contribution in [1.82, 2.24) is 4.90 Å². The molecule has 0 radical (unpaired) electrons. The molecule has 96 valence electrons. The fourth-order valence-corrected chi connectivity index (χ4v) is 1.78. The molecule has 1 heterocycles. The van der Waals surface area contributed by atoms with Crippen molar-refractivity contribution in [2.45, 2.75) is 59.1 Å². The van der Waals surface area contributed by atoms with Gasteiger partial charge in [-0.05, 0) is 33.6 Å². The van der Waals surface area contributed by atoms with E-state index in [9.17, 15) is 10.1 Å². The third-order valence-corrected chi connectivity index (χ3v) is 2.88. The van der Waals surface area contributed by atoms with E-state index in [0.717, 1.165) is 25.9 Å². The summed E-state index contributed by atoms with van der Waals surface area (Å²) in [6.07, 6.45) is 1.46. The molecule has 0 aromatic heterocycles. The fraction of sp³-hybridized carbons (Fsp3) is 1.00. The summed E-state index contributed by atoms with van der Waals surface area (Å²) in [4.78, 5) is 17.3. The Morgan fingerprint density at radius 1 is 1.31 bits per heavy atom. The molecule has 0 amide bonds. The zero-order valence-electron chi connectivity index (χ0n) is 11.0. The van der Waals surface area contributed by atoms with Crippen molar-refractivity contribution in [2.24, 2.45) is 0 Å². The summed E-state index contributed by atoms with van der Waals surface area (Å²) in [6, 6.07) is 0.509. The lowest BCUT2D eigenvalue weighted by Gasteiger charge is -2.39. The molecule has 1 rings (SSSR count). The molecule has 0 bridgehead atoms. The fourth-order valence-electron chi connectivity index (χ4n) is 1.78. The van der Waals surface area contributed by atoms with E-state index >= 15 is 0 Å². The Balaban J connectivity index is 0.00000106. The molecule has 1 aliphatic heterocycles. The van der Waals surface area contributed by atoms with E-state index in [1.807, 2.05) is 20.8 Å². The number of likely N-dealkylation sites (tertiary alicyclic amines) is 1. The minimum atomic E-state index is -0.676. The molecule has 1 aliphatic rings. The van der Waals surface area contributed by atoms with Crippen LogP contribution in [0.1, 0.15) is 47.5 Å². The average molecular weight is 232 g/mol. The van der Waals surface area contributed by atoms with Crippen LogP contribution in [-0.4, -0.2) is 34.7 Å². The van der Waals surface area contributed by atoms with Crippen molar-refractivity contribution >= 4 is 0 Å². The highest BCUT2D eigenvalue weighted by Gasteiger charge is 2.34. The van der Waals surface area contributed by atoms with Gasteiger partial charge in [-0.2, -0.15) is 0 Å². The van der Waals surface area contributed by atoms with Gasteiger partial charge < -0.3 is 9.74 Å². The van der Waals surface area contributed by atoms with Crippen molar-refractivity contribution in [3.63, 3.8) is 0 Å². The van der Waals surface area contributed by atoms with Gasteiger partial charge in [-0.15, -0.1) is 10.1 Å². The maximum atomic E-state index is 10.3. The summed E-state index contributed by atoms with van der Waals surface area (Å²) in [5.41, 5.74) is -0.575. The topological polar surface area (TPSA) is 55.6 Å². The lowest BCUT2D eigenvalue weighted by molar-refractivity contribution is -0.781. The normalized spacial score (nSPS) is 19.9. The van der Waals surface area contributed by atoms with Crippen LogP contribution in [0, 0.1) is 10.1 Å². The lowest BCUT2D eigenvalue weighted by Crippen LogP contribution is -2.47. The van der Waals surface area contributed by atoms with E-state index in [-0.39, 0.29) is 0 Å². The van der Waals surface area contributed by atoms with Crippen LogP contribution in [0.4, 0.5) is 0 Å². The Bertz CT molecular complexity index is 211. The van der Waals surface area contributed by atoms with Gasteiger partial charge in [-0.3, -0.25) is 0 Å². The van der Waals surface area contributed by atoms with E-state index in [0.29, 0.717) is 6.04 Å². The quantitative estimate of drug-likeness (QED) is 0.554. The first kappa shape index (κ1) is 15.2. The zero-order chi connectivity index (χ0) is 12.8. The van der Waals surface area contributed by atoms with Crippen LogP contribution >= 0.6 is 0 Å². The van der Waals surface area contributed by atoms with Gasteiger partial charge in [-0.25, -0.2) is 0 Å². The van der Waals surface area contributed by atoms with Gasteiger partial charge in [0.2, 0.25) is 0 Å². The molecule has 0 spiro atoms. The molecule has 1 saturated heterocycles. The highest BCUT2D eigenvalue weighted by atomic mass is 17.0. The molecule has 1 fully saturated rings. The first-order valence-electron chi connectivity index (χ1n) is 6.00. The number of rotatable bonds is 3. The standard InChI is InChI=1S/C9H18N2O3.C2H6/c1-8(2)10-6-4-9(3,5-7-10)14-11(12)13;1-2/h8H,4-7H2,1-3H3;1-2H3. The number of hydrogen-bond donors (Lipinski definition) is 0. The van der Waals surface area contributed by atoms with E-state index in [1.54, 1.807) is 0 Å². The number of hydrogen-bond acceptors (Lipinski definition) is 4. The zero-order valence-corrected chi connectivity index (χ0v) is 11.0. The van der Waals surface area contributed by atoms with Crippen molar-refractivity contribution in [3.05, 3.63) is 10.1 Å². The van der Waals surface area contributed by atoms with E-state index in [2.05, 4.69) is 18.7 Å². The molecule has 0 unspecified atom stereocenters. The summed E-state index contributed by atoms with van der Waals surface area (Å²) < 4.78 is 0. The molecule has 0 aromatic carbocycles. The van der Waals surface area contributed by atoms with Gasteiger partial charge in [0.15, 0.2) is 0 Å². The summed E-state index contributed by atoms with van der Waals surface area (Å²) >= 11 is 0. The van der Waals surface area contributed by atoms with Crippen molar-refractivity contribution in [1.29, 1.82) is 0 Å². The molecule has 0 saturated carbocycles. The second kappa shape index (κ2) is 6.68. The molecule has 5 nitrogen and oxygen atoms in total. The second-order valence-electron chi connectivity index (χ2n) is 4.39. The Morgan fingerprint density at radius 3 is 2.06 bits per heavy atom. The molecular formula is C11H24N2O3. The van der Waals surface area contributed by atoms with Gasteiger partial charge >= 0.3 is 0 Å². The highest BCUT2D eigenvalue weighted by Crippen LogP contribution is 2.26. The van der Waals surface area contributed by atoms with Crippen LogP contribution in [-0.2, 0) is 4.84 Å². The molecule has 0 atom stereocenters. The third kappa shape index (κ3) is 4.79. The van der Waals surface area contributed by atoms with Crippen molar-refractivity contribution in [3.8, 4) is 0 Å². The maximum absolute atomic E-state index is 10.3. The van der Waals surface area contributed by atoms with Crippen LogP contribution < -0.4 is 0 Å². The highest BCUT2D eigenvalue weighted by molar-refractivity contribution is 4.83. The van der Waals surface area contributed by atoms with Crippen LogP contribution in [0.15, 0.2) is 0 Å². The molecule has 0 aromatic rings. The number of nitrogens with zero attached hydrogens (tertiary/aromatic N) is 2. The molecule has 0 aliphatic carbocycles. The SMILES string of the molecule is CC.CC(C)N1CCC(C)(O[N+](=O)[O-])CC1. The van der Waals surface area contributed by atoms with Gasteiger partial charge in [0.25, 0.3) is 5.09 Å². The average Bonchev–Trinajstić information content (AvgIpc) is 2.19. The molecule has 16 heavy (non-hydrogen) atoms. The largest absolute Gasteiger partial charge is 0.307 e. The predicted octanol–water partition coefficient (Wildman–Crippen LogP) is 2.48. The van der Waals surface area contributed by atoms with Crippen LogP contribution in [0.3, 0.4) is 0 Å². The Kier molecular flexibility index (Phi) is 6.33. The van der Waals surface area contributed by atoms with Crippen molar-refractivity contribution in [2.75, 3.05) is 13.1 Å². The van der Waals surface area contributed by atoms with Gasteiger partial charge in [0.05, 0.1) is 0 Å². The smallest absolute Gasteiger partial charge is 0.295 e. The van der Waals surface area contributed by atoms with E-state index < -0.39 is 10.7 Å². The van der Waals surface area contributed by atoms with Crippen molar-refractivity contribution < 1.29 is 9.92 Å². The lowest BCUT2D eigenvalue weighted by atomic mass is 9.93. The van der Waals surface area contributed by atoms with Crippen LogP contribution in [0.5, 0.6) is 0 Å². The minimum absolute atomic E-state index is 0.509. The third-order valence-electron chi connectivity index (χ3n) is 2.88. The summed E-state index contributed by atoms with van der Waals surface area (Å²) in [5, 5.41) is 9.58. The Hall–Kier alpha value is -0.840. The molecule has 5 heteroatoms. The van der Waals surface area contributed by atoms with Crippen LogP contribution in [0.2, 0.25) is 0 Å². The molecular weight excluding hydrogens is 208 g/mol. The summed E-state index contributed by atoms with van der Waals surface area (Å²) in [5.74, 6) is 0. The maximum Gasteiger partial charge on any atom is 0.295 e. The summed E-state index contributed by atoms with van der Waals surface area (Å²) in [6.45, 7) is 11.8. The van der Waals surface area contributed by atoms with E-state index in [1.165, 1.54) is 0 Å². The molecule has 0 N–H and O–H groups in total. The number of piperidine rings is 1. The Morgan fingerprint density at radius 2 is 1.75 bits per heavy atom. The second-order valence-corrected chi connectivity index (χ2v) is 4.39. The first-order valence-corrected chi connectivity index (χ1v) is 6.00. The summed E-state index contributed by atoms with van der Waals surface area (Å²) in [7, 11) is 0.